The molecular formula is C16H28N2O3. The van der Waals surface area contributed by atoms with Crippen molar-refractivity contribution in [3.63, 3.8) is 0 Å². The van der Waals surface area contributed by atoms with E-state index in [0.717, 1.165) is 25.7 Å². The Bertz CT molecular complexity index is 391. The lowest BCUT2D eigenvalue weighted by Gasteiger charge is -2.35. The third kappa shape index (κ3) is 4.43. The maximum absolute atomic E-state index is 12.5. The van der Waals surface area contributed by atoms with Crippen LogP contribution in [0.2, 0.25) is 0 Å². The molecule has 1 aliphatic heterocycles. The molecule has 5 heteroatoms. The molecule has 2 fully saturated rings. The fraction of sp³-hybridized carbons (Fsp3) is 0.875. The van der Waals surface area contributed by atoms with E-state index in [4.69, 9.17) is 0 Å². The van der Waals surface area contributed by atoms with E-state index in [9.17, 15) is 14.7 Å². The third-order valence-electron chi connectivity index (χ3n) is 4.35. The minimum Gasteiger partial charge on any atom is -0.389 e. The summed E-state index contributed by atoms with van der Waals surface area (Å²) in [5, 5.41) is 9.90. The van der Waals surface area contributed by atoms with Gasteiger partial charge in [-0.25, -0.2) is 0 Å². The normalized spacial score (nSPS) is 20.5. The largest absolute Gasteiger partial charge is 0.389 e. The minimum atomic E-state index is -0.867. The average molecular weight is 296 g/mol. The molecule has 21 heavy (non-hydrogen) atoms. The lowest BCUT2D eigenvalue weighted by atomic mass is 9.94. The molecule has 1 saturated heterocycles. The van der Waals surface area contributed by atoms with Gasteiger partial charge in [0.1, 0.15) is 0 Å². The fourth-order valence-corrected chi connectivity index (χ4v) is 3.01. The molecule has 120 valence electrons. The van der Waals surface area contributed by atoms with Crippen molar-refractivity contribution in [1.82, 2.24) is 9.80 Å². The molecule has 0 aromatic rings. The van der Waals surface area contributed by atoms with Crippen LogP contribution in [0.15, 0.2) is 0 Å². The van der Waals surface area contributed by atoms with Gasteiger partial charge in [-0.3, -0.25) is 9.59 Å². The standard InChI is InChI=1S/C16H28N2O3/c1-4-17(11-16(2,3)21)14(19)13-7-9-18(10-8-13)15(20)12-5-6-12/h12-13,21H,4-11H2,1-3H3. The molecule has 0 unspecified atom stereocenters. The summed E-state index contributed by atoms with van der Waals surface area (Å²) >= 11 is 0. The first-order valence-corrected chi connectivity index (χ1v) is 8.11. The Morgan fingerprint density at radius 2 is 1.71 bits per heavy atom. The number of hydrogen-bond donors (Lipinski definition) is 1. The van der Waals surface area contributed by atoms with Gasteiger partial charge in [-0.05, 0) is 46.5 Å². The molecule has 0 radical (unpaired) electrons. The first-order chi connectivity index (χ1) is 9.81. The Balaban J connectivity index is 1.85. The predicted molar refractivity (Wildman–Crippen MR) is 80.6 cm³/mol. The van der Waals surface area contributed by atoms with Crippen LogP contribution in [0.1, 0.15) is 46.5 Å². The van der Waals surface area contributed by atoms with Gasteiger partial charge in [0, 0.05) is 38.0 Å². The van der Waals surface area contributed by atoms with Crippen LogP contribution >= 0.6 is 0 Å². The maximum Gasteiger partial charge on any atom is 0.225 e. The Labute approximate surface area is 127 Å². The van der Waals surface area contributed by atoms with E-state index in [2.05, 4.69) is 0 Å². The Kier molecular flexibility index (Phi) is 4.91. The predicted octanol–water partition coefficient (Wildman–Crippen LogP) is 1.25. The van der Waals surface area contributed by atoms with Gasteiger partial charge in [-0.1, -0.05) is 0 Å². The molecule has 5 nitrogen and oxygen atoms in total. The number of piperidine rings is 1. The fourth-order valence-electron chi connectivity index (χ4n) is 3.01. The van der Waals surface area contributed by atoms with Crippen LogP contribution in [0.4, 0.5) is 0 Å². The molecule has 0 aromatic heterocycles. The number of likely N-dealkylation sites (N-methyl/N-ethyl adjacent to an activating group) is 1. The van der Waals surface area contributed by atoms with Crippen LogP contribution in [0, 0.1) is 11.8 Å². The first-order valence-electron chi connectivity index (χ1n) is 8.11. The molecule has 1 aliphatic carbocycles. The topological polar surface area (TPSA) is 60.9 Å². The Morgan fingerprint density at radius 1 is 1.14 bits per heavy atom. The number of carbonyl (C=O) groups is 2. The number of hydrogen-bond acceptors (Lipinski definition) is 3. The van der Waals surface area contributed by atoms with Crippen LogP contribution < -0.4 is 0 Å². The second-order valence-corrected chi connectivity index (χ2v) is 7.04. The summed E-state index contributed by atoms with van der Waals surface area (Å²) in [5.74, 6) is 0.665. The summed E-state index contributed by atoms with van der Waals surface area (Å²) in [7, 11) is 0. The lowest BCUT2D eigenvalue weighted by molar-refractivity contribution is -0.143. The molecule has 0 atom stereocenters. The number of carbonyl (C=O) groups excluding carboxylic acids is 2. The molecule has 1 saturated carbocycles. The van der Waals surface area contributed by atoms with Crippen molar-refractivity contribution in [3.05, 3.63) is 0 Å². The number of nitrogens with zero attached hydrogens (tertiary/aromatic N) is 2. The number of amides is 2. The van der Waals surface area contributed by atoms with Gasteiger partial charge in [0.25, 0.3) is 0 Å². The van der Waals surface area contributed by atoms with E-state index in [0.29, 0.717) is 26.2 Å². The highest BCUT2D eigenvalue weighted by atomic mass is 16.3. The van der Waals surface area contributed by atoms with Crippen molar-refractivity contribution in [3.8, 4) is 0 Å². The smallest absolute Gasteiger partial charge is 0.225 e. The van der Waals surface area contributed by atoms with Crippen molar-refractivity contribution in [1.29, 1.82) is 0 Å². The van der Waals surface area contributed by atoms with Crippen LogP contribution in [0.25, 0.3) is 0 Å². The van der Waals surface area contributed by atoms with Crippen LogP contribution in [-0.4, -0.2) is 58.5 Å². The van der Waals surface area contributed by atoms with Crippen LogP contribution in [0.5, 0.6) is 0 Å². The molecular weight excluding hydrogens is 268 g/mol. The van der Waals surface area contributed by atoms with Crippen molar-refractivity contribution < 1.29 is 14.7 Å². The molecule has 1 N–H and O–H groups in total. The quantitative estimate of drug-likeness (QED) is 0.831. The van der Waals surface area contributed by atoms with Crippen molar-refractivity contribution >= 4 is 11.8 Å². The lowest BCUT2D eigenvalue weighted by Crippen LogP contribution is -2.48. The summed E-state index contributed by atoms with van der Waals surface area (Å²) in [6.07, 6.45) is 3.57. The molecule has 0 bridgehead atoms. The van der Waals surface area contributed by atoms with E-state index in [-0.39, 0.29) is 23.7 Å². The van der Waals surface area contributed by atoms with Crippen LogP contribution in [0.3, 0.4) is 0 Å². The average Bonchev–Trinajstić information content (AvgIpc) is 3.27. The summed E-state index contributed by atoms with van der Waals surface area (Å²) in [6, 6.07) is 0. The molecule has 2 amide bonds. The minimum absolute atomic E-state index is 0.00412. The molecule has 2 rings (SSSR count). The molecule has 0 spiro atoms. The zero-order valence-electron chi connectivity index (χ0n) is 13.5. The number of likely N-dealkylation sites (tertiary alicyclic amines) is 1. The van der Waals surface area contributed by atoms with Crippen molar-refractivity contribution in [2.75, 3.05) is 26.2 Å². The monoisotopic (exact) mass is 296 g/mol. The van der Waals surface area contributed by atoms with Gasteiger partial charge in [0.15, 0.2) is 0 Å². The number of rotatable bonds is 5. The molecule has 0 aromatic carbocycles. The van der Waals surface area contributed by atoms with Gasteiger partial charge < -0.3 is 14.9 Å². The van der Waals surface area contributed by atoms with E-state index < -0.39 is 5.60 Å². The summed E-state index contributed by atoms with van der Waals surface area (Å²) in [5.41, 5.74) is -0.867. The summed E-state index contributed by atoms with van der Waals surface area (Å²) < 4.78 is 0. The second-order valence-electron chi connectivity index (χ2n) is 7.04. The van der Waals surface area contributed by atoms with Gasteiger partial charge in [-0.2, -0.15) is 0 Å². The maximum atomic E-state index is 12.5. The van der Waals surface area contributed by atoms with E-state index in [1.54, 1.807) is 18.7 Å². The van der Waals surface area contributed by atoms with E-state index in [1.165, 1.54) is 0 Å². The third-order valence-corrected chi connectivity index (χ3v) is 4.35. The first kappa shape index (κ1) is 16.3. The summed E-state index contributed by atoms with van der Waals surface area (Å²) in [4.78, 5) is 28.2. The SMILES string of the molecule is CCN(CC(C)(C)O)C(=O)C1CCN(C(=O)C2CC2)CC1. The van der Waals surface area contributed by atoms with Gasteiger partial charge in [-0.15, -0.1) is 0 Å². The number of aliphatic hydroxyl groups is 1. The Morgan fingerprint density at radius 3 is 2.14 bits per heavy atom. The van der Waals surface area contributed by atoms with Crippen molar-refractivity contribution in [2.45, 2.75) is 52.1 Å². The molecule has 2 aliphatic rings. The zero-order valence-corrected chi connectivity index (χ0v) is 13.5. The highest BCUT2D eigenvalue weighted by molar-refractivity contribution is 5.82. The van der Waals surface area contributed by atoms with E-state index in [1.807, 2.05) is 11.8 Å². The van der Waals surface area contributed by atoms with Crippen molar-refractivity contribution in [2.24, 2.45) is 11.8 Å². The van der Waals surface area contributed by atoms with Gasteiger partial charge >= 0.3 is 0 Å². The second kappa shape index (κ2) is 6.34. The Hall–Kier alpha value is -1.10. The van der Waals surface area contributed by atoms with Gasteiger partial charge in [0.2, 0.25) is 11.8 Å². The highest BCUT2D eigenvalue weighted by Gasteiger charge is 2.37. The van der Waals surface area contributed by atoms with Gasteiger partial charge in [0.05, 0.1) is 5.60 Å². The highest BCUT2D eigenvalue weighted by Crippen LogP contribution is 2.32. The van der Waals surface area contributed by atoms with Crippen LogP contribution in [-0.2, 0) is 9.59 Å². The summed E-state index contributed by atoms with van der Waals surface area (Å²) in [6.45, 7) is 7.76. The van der Waals surface area contributed by atoms with E-state index >= 15 is 0 Å². The molecule has 1 heterocycles. The zero-order chi connectivity index (χ0) is 15.6.